The number of halogens is 1. The Hall–Kier alpha value is -1.85. The van der Waals surface area contributed by atoms with Crippen LogP contribution in [-0.4, -0.2) is 39.2 Å². The summed E-state index contributed by atoms with van der Waals surface area (Å²) in [5, 5.41) is 8.26. The van der Waals surface area contributed by atoms with Crippen molar-refractivity contribution in [1.29, 1.82) is 0 Å². The Morgan fingerprint density at radius 2 is 2.00 bits per heavy atom. The molecule has 1 amide bonds. The van der Waals surface area contributed by atoms with Crippen LogP contribution in [0.5, 0.6) is 0 Å². The van der Waals surface area contributed by atoms with Gasteiger partial charge in [0.15, 0.2) is 5.82 Å². The van der Waals surface area contributed by atoms with E-state index in [-0.39, 0.29) is 11.4 Å². The number of carbonyl (C=O) groups is 1. The van der Waals surface area contributed by atoms with E-state index in [0.29, 0.717) is 10.8 Å². The number of aryl methyl sites for hydroxylation is 1. The molecule has 0 unspecified atom stereocenters. The molecule has 0 atom stereocenters. The Bertz CT molecular complexity index is 775. The maximum atomic E-state index is 12.9. The minimum atomic E-state index is -0.312. The SMILES string of the molecule is Cc1cc(NC(=O)C23CCCN2CCC3)nn1-c1cccc(Cl)c1. The first-order chi connectivity index (χ1) is 11.6. The van der Waals surface area contributed by atoms with Crippen LogP contribution in [0.2, 0.25) is 5.02 Å². The van der Waals surface area contributed by atoms with Gasteiger partial charge < -0.3 is 5.32 Å². The average molecular weight is 345 g/mol. The van der Waals surface area contributed by atoms with Crippen molar-refractivity contribution in [3.63, 3.8) is 0 Å². The summed E-state index contributed by atoms with van der Waals surface area (Å²) in [6.07, 6.45) is 4.10. The number of carbonyl (C=O) groups excluding carboxylic acids is 1. The fourth-order valence-electron chi connectivity index (χ4n) is 4.11. The van der Waals surface area contributed by atoms with Crippen LogP contribution in [0.4, 0.5) is 5.82 Å². The number of nitrogens with zero attached hydrogens (tertiary/aromatic N) is 3. The molecule has 1 aromatic carbocycles. The van der Waals surface area contributed by atoms with Gasteiger partial charge in [-0.3, -0.25) is 9.69 Å². The molecule has 1 N–H and O–H groups in total. The Morgan fingerprint density at radius 1 is 1.25 bits per heavy atom. The third-order valence-electron chi connectivity index (χ3n) is 5.25. The molecule has 0 radical (unpaired) electrons. The number of aromatic nitrogens is 2. The van der Waals surface area contributed by atoms with Crippen molar-refractivity contribution in [3.8, 4) is 5.69 Å². The first-order valence-corrected chi connectivity index (χ1v) is 8.85. The van der Waals surface area contributed by atoms with Gasteiger partial charge in [-0.25, -0.2) is 4.68 Å². The van der Waals surface area contributed by atoms with E-state index >= 15 is 0 Å². The lowest BCUT2D eigenvalue weighted by Crippen LogP contribution is -2.49. The molecule has 2 saturated heterocycles. The predicted octanol–water partition coefficient (Wildman–Crippen LogP) is 3.40. The molecule has 126 valence electrons. The summed E-state index contributed by atoms with van der Waals surface area (Å²) in [7, 11) is 0. The van der Waals surface area contributed by atoms with Gasteiger partial charge in [0.05, 0.1) is 5.69 Å². The van der Waals surface area contributed by atoms with Crippen molar-refractivity contribution in [2.24, 2.45) is 0 Å². The minimum absolute atomic E-state index is 0.0910. The van der Waals surface area contributed by atoms with Crippen molar-refractivity contribution in [3.05, 3.63) is 41.0 Å². The molecule has 0 bridgehead atoms. The highest BCUT2D eigenvalue weighted by Gasteiger charge is 2.50. The number of nitrogens with one attached hydrogen (secondary N) is 1. The summed E-state index contributed by atoms with van der Waals surface area (Å²) in [5.41, 5.74) is 1.54. The van der Waals surface area contributed by atoms with Gasteiger partial charge in [0.25, 0.3) is 0 Å². The molecule has 6 heteroatoms. The maximum Gasteiger partial charge on any atom is 0.246 e. The van der Waals surface area contributed by atoms with Crippen molar-refractivity contribution in [2.75, 3.05) is 18.4 Å². The van der Waals surface area contributed by atoms with E-state index in [1.165, 1.54) is 0 Å². The number of amides is 1. The number of rotatable bonds is 3. The van der Waals surface area contributed by atoms with E-state index in [1.807, 2.05) is 37.3 Å². The number of hydrogen-bond acceptors (Lipinski definition) is 3. The molecule has 4 rings (SSSR count). The molecule has 2 fully saturated rings. The Morgan fingerprint density at radius 3 is 2.71 bits per heavy atom. The first-order valence-electron chi connectivity index (χ1n) is 8.48. The molecule has 5 nitrogen and oxygen atoms in total. The van der Waals surface area contributed by atoms with Crippen molar-refractivity contribution >= 4 is 23.3 Å². The Labute approximate surface area is 146 Å². The molecule has 0 aliphatic carbocycles. The van der Waals surface area contributed by atoms with Crippen LogP contribution < -0.4 is 5.32 Å². The smallest absolute Gasteiger partial charge is 0.246 e. The molecular weight excluding hydrogens is 324 g/mol. The highest BCUT2D eigenvalue weighted by atomic mass is 35.5. The van der Waals surface area contributed by atoms with E-state index in [2.05, 4.69) is 15.3 Å². The van der Waals surface area contributed by atoms with Crippen LogP contribution in [0.3, 0.4) is 0 Å². The van der Waals surface area contributed by atoms with Crippen molar-refractivity contribution in [2.45, 2.75) is 38.1 Å². The second-order valence-electron chi connectivity index (χ2n) is 6.74. The Kier molecular flexibility index (Phi) is 3.85. The zero-order valence-corrected chi connectivity index (χ0v) is 14.5. The zero-order valence-electron chi connectivity index (χ0n) is 13.8. The summed E-state index contributed by atoms with van der Waals surface area (Å²) >= 11 is 6.07. The van der Waals surface area contributed by atoms with Crippen LogP contribution >= 0.6 is 11.6 Å². The van der Waals surface area contributed by atoms with Gasteiger partial charge in [0.1, 0.15) is 5.54 Å². The second-order valence-corrected chi connectivity index (χ2v) is 7.18. The van der Waals surface area contributed by atoms with Gasteiger partial charge in [-0.05, 0) is 63.9 Å². The summed E-state index contributed by atoms with van der Waals surface area (Å²) in [6, 6.07) is 9.45. The van der Waals surface area contributed by atoms with Crippen LogP contribution in [0, 0.1) is 6.92 Å². The standard InChI is InChI=1S/C18H21ClN4O/c1-13-11-16(21-23(13)15-6-2-5-14(19)12-15)20-17(24)18-7-3-9-22(18)10-4-8-18/h2,5-6,11-12H,3-4,7-10H2,1H3,(H,20,21,24). The lowest BCUT2D eigenvalue weighted by molar-refractivity contribution is -0.125. The minimum Gasteiger partial charge on any atom is -0.308 e. The van der Waals surface area contributed by atoms with Crippen molar-refractivity contribution < 1.29 is 4.79 Å². The summed E-state index contributed by atoms with van der Waals surface area (Å²) in [5.74, 6) is 0.693. The van der Waals surface area contributed by atoms with Gasteiger partial charge >= 0.3 is 0 Å². The van der Waals surface area contributed by atoms with E-state index in [4.69, 9.17) is 11.6 Å². The zero-order chi connectivity index (χ0) is 16.7. The molecule has 2 aliphatic heterocycles. The topological polar surface area (TPSA) is 50.2 Å². The molecule has 0 saturated carbocycles. The van der Waals surface area contributed by atoms with E-state index in [1.54, 1.807) is 4.68 Å². The molecule has 1 aromatic heterocycles. The monoisotopic (exact) mass is 344 g/mol. The predicted molar refractivity (Wildman–Crippen MR) is 94.7 cm³/mol. The molecule has 2 aromatic rings. The summed E-state index contributed by atoms with van der Waals surface area (Å²) in [6.45, 7) is 4.03. The normalized spacial score (nSPS) is 19.4. The fourth-order valence-corrected chi connectivity index (χ4v) is 4.30. The first kappa shape index (κ1) is 15.7. The number of anilines is 1. The van der Waals surface area contributed by atoms with Crippen molar-refractivity contribution in [1.82, 2.24) is 14.7 Å². The lowest BCUT2D eigenvalue weighted by Gasteiger charge is -2.29. The van der Waals surface area contributed by atoms with Gasteiger partial charge in [-0.2, -0.15) is 0 Å². The quantitative estimate of drug-likeness (QED) is 0.928. The van der Waals surface area contributed by atoms with E-state index < -0.39 is 0 Å². The van der Waals surface area contributed by atoms with Crippen LogP contribution in [0.15, 0.2) is 30.3 Å². The number of hydrogen-bond donors (Lipinski definition) is 1. The lowest BCUT2D eigenvalue weighted by atomic mass is 9.93. The van der Waals surface area contributed by atoms with Gasteiger partial charge in [0, 0.05) is 16.8 Å². The number of fused-ring (bicyclic) bond motifs is 1. The summed E-state index contributed by atoms with van der Waals surface area (Å²) in [4.78, 5) is 15.2. The largest absolute Gasteiger partial charge is 0.308 e. The summed E-state index contributed by atoms with van der Waals surface area (Å²) < 4.78 is 1.81. The third kappa shape index (κ3) is 2.52. The van der Waals surface area contributed by atoms with E-state index in [9.17, 15) is 4.79 Å². The second kappa shape index (κ2) is 5.90. The van der Waals surface area contributed by atoms with E-state index in [0.717, 1.165) is 50.2 Å². The van der Waals surface area contributed by atoms with Crippen LogP contribution in [-0.2, 0) is 4.79 Å². The highest BCUT2D eigenvalue weighted by molar-refractivity contribution is 6.30. The van der Waals surface area contributed by atoms with Gasteiger partial charge in [0.2, 0.25) is 5.91 Å². The fraction of sp³-hybridized carbons (Fsp3) is 0.444. The molecule has 0 spiro atoms. The molecular formula is C18H21ClN4O. The Balaban J connectivity index is 1.58. The van der Waals surface area contributed by atoms with Gasteiger partial charge in [-0.15, -0.1) is 5.10 Å². The molecule has 3 heterocycles. The van der Waals surface area contributed by atoms with Gasteiger partial charge in [-0.1, -0.05) is 17.7 Å². The average Bonchev–Trinajstić information content (AvgIpc) is 3.21. The highest BCUT2D eigenvalue weighted by Crippen LogP contribution is 2.39. The van der Waals surface area contributed by atoms with Crippen LogP contribution in [0.1, 0.15) is 31.4 Å². The maximum absolute atomic E-state index is 12.9. The molecule has 24 heavy (non-hydrogen) atoms. The number of benzene rings is 1. The third-order valence-corrected chi connectivity index (χ3v) is 5.48. The molecule has 2 aliphatic rings. The van der Waals surface area contributed by atoms with Crippen LogP contribution in [0.25, 0.3) is 5.69 Å².